The van der Waals surface area contributed by atoms with Gasteiger partial charge in [0.1, 0.15) is 46.6 Å². The maximum atomic E-state index is 13.4. The zero-order valence-corrected chi connectivity index (χ0v) is 21.0. The normalized spacial score (nSPS) is 17.9. The maximum Gasteiger partial charge on any atom is 0.408 e. The fraction of sp³-hybridized carbons (Fsp3) is 0.333. The zero-order chi connectivity index (χ0) is 26.4. The van der Waals surface area contributed by atoms with Crippen molar-refractivity contribution in [3.05, 3.63) is 72.3 Å². The summed E-state index contributed by atoms with van der Waals surface area (Å²) in [5, 5.41) is 10.1. The van der Waals surface area contributed by atoms with Crippen LogP contribution < -0.4 is 10.5 Å². The second-order valence-electron chi connectivity index (χ2n) is 10.2. The summed E-state index contributed by atoms with van der Waals surface area (Å²) >= 11 is 0. The average Bonchev–Trinajstić information content (AvgIpc) is 3.47. The van der Waals surface area contributed by atoms with Crippen molar-refractivity contribution in [1.29, 1.82) is 0 Å². The fourth-order valence-corrected chi connectivity index (χ4v) is 5.38. The van der Waals surface area contributed by atoms with Crippen LogP contribution in [-0.2, 0) is 12.1 Å². The molecule has 3 aromatic heterocycles. The van der Waals surface area contributed by atoms with Gasteiger partial charge in [-0.25, -0.2) is 19.2 Å². The van der Waals surface area contributed by atoms with E-state index in [2.05, 4.69) is 9.97 Å². The SMILES string of the molecule is CC(C)(C)C1(c2nc(-c3ccc(OCc4cc(F)ccn4)cc3)c3c(N)nccn23)CCCN1C(=O)O. The monoisotopic (exact) mass is 504 g/mol. The number of nitrogen functional groups attached to an aromatic ring is 1. The molecule has 1 aliphatic heterocycles. The zero-order valence-electron chi connectivity index (χ0n) is 21.0. The van der Waals surface area contributed by atoms with Gasteiger partial charge in [-0.2, -0.15) is 0 Å². The number of benzene rings is 1. The predicted octanol–water partition coefficient (Wildman–Crippen LogP) is 5.11. The van der Waals surface area contributed by atoms with E-state index >= 15 is 0 Å². The minimum absolute atomic E-state index is 0.130. The van der Waals surface area contributed by atoms with Crippen molar-refractivity contribution in [3.63, 3.8) is 0 Å². The number of pyridine rings is 1. The Morgan fingerprint density at radius 2 is 1.95 bits per heavy atom. The highest BCUT2D eigenvalue weighted by molar-refractivity contribution is 5.85. The van der Waals surface area contributed by atoms with Crippen LogP contribution in [0.1, 0.15) is 45.1 Å². The third-order valence-corrected chi connectivity index (χ3v) is 7.10. The first-order valence-corrected chi connectivity index (χ1v) is 12.1. The Balaban J connectivity index is 1.57. The number of carbonyl (C=O) groups is 1. The number of imidazole rings is 1. The molecule has 1 fully saturated rings. The molecule has 1 amide bonds. The lowest BCUT2D eigenvalue weighted by atomic mass is 9.71. The summed E-state index contributed by atoms with van der Waals surface area (Å²) in [5.74, 6) is 1.15. The summed E-state index contributed by atoms with van der Waals surface area (Å²) in [6.45, 7) is 6.69. The third kappa shape index (κ3) is 4.12. The van der Waals surface area contributed by atoms with Crippen molar-refractivity contribution in [3.8, 4) is 17.0 Å². The molecule has 4 heterocycles. The molecule has 0 radical (unpaired) electrons. The molecule has 1 aliphatic rings. The number of ether oxygens (including phenoxy) is 1. The van der Waals surface area contributed by atoms with Gasteiger partial charge in [-0.1, -0.05) is 20.8 Å². The van der Waals surface area contributed by atoms with E-state index < -0.39 is 17.0 Å². The highest BCUT2D eigenvalue weighted by Crippen LogP contribution is 2.51. The van der Waals surface area contributed by atoms with Gasteiger partial charge in [0.05, 0.1) is 5.69 Å². The number of aromatic nitrogens is 4. The van der Waals surface area contributed by atoms with E-state index in [4.69, 9.17) is 15.5 Å². The Hall–Kier alpha value is -4.21. The Bertz CT molecular complexity index is 1460. The number of halogens is 1. The second-order valence-corrected chi connectivity index (χ2v) is 10.2. The molecule has 0 saturated carbocycles. The van der Waals surface area contributed by atoms with Gasteiger partial charge >= 0.3 is 6.09 Å². The summed E-state index contributed by atoms with van der Waals surface area (Å²) < 4.78 is 21.1. The van der Waals surface area contributed by atoms with Gasteiger partial charge in [0.2, 0.25) is 0 Å². The van der Waals surface area contributed by atoms with Crippen LogP contribution >= 0.6 is 0 Å². The standard InChI is InChI=1S/C27H29FN6O3/c1-26(2,3)27(10-4-13-34(27)25(35)36)24-32-21(22-23(29)31-12-14-33(22)24)17-5-7-20(8-6-17)37-16-19-15-18(28)9-11-30-19/h5-9,11-12,14-15H,4,10,13,16H2,1-3H3,(H2,29,31)(H,35,36). The van der Waals surface area contributed by atoms with Crippen molar-refractivity contribution in [2.24, 2.45) is 5.41 Å². The molecule has 1 aromatic carbocycles. The number of fused-ring (bicyclic) bond motifs is 1. The van der Waals surface area contributed by atoms with Gasteiger partial charge in [0.15, 0.2) is 0 Å². The van der Waals surface area contributed by atoms with Crippen LogP contribution in [-0.4, -0.2) is 42.0 Å². The predicted molar refractivity (Wildman–Crippen MR) is 136 cm³/mol. The molecule has 4 aromatic rings. The molecular formula is C27H29FN6O3. The number of amides is 1. The summed E-state index contributed by atoms with van der Waals surface area (Å²) in [6.07, 6.45) is 5.20. The van der Waals surface area contributed by atoms with E-state index in [1.165, 1.54) is 23.2 Å². The quantitative estimate of drug-likeness (QED) is 0.388. The number of carboxylic acid groups (broad SMARTS) is 1. The smallest absolute Gasteiger partial charge is 0.408 e. The molecule has 0 bridgehead atoms. The Morgan fingerprint density at radius 1 is 1.19 bits per heavy atom. The Labute approximate surface area is 213 Å². The van der Waals surface area contributed by atoms with Crippen molar-refractivity contribution in [1.82, 2.24) is 24.3 Å². The maximum absolute atomic E-state index is 13.4. The molecule has 37 heavy (non-hydrogen) atoms. The molecule has 10 heteroatoms. The Kier molecular flexibility index (Phi) is 5.97. The highest BCUT2D eigenvalue weighted by Gasteiger charge is 2.56. The van der Waals surface area contributed by atoms with Crippen LogP contribution in [0.2, 0.25) is 0 Å². The number of likely N-dealkylation sites (tertiary alicyclic amines) is 1. The van der Waals surface area contributed by atoms with E-state index in [9.17, 15) is 14.3 Å². The van der Waals surface area contributed by atoms with E-state index in [1.54, 1.807) is 24.5 Å². The first kappa shape index (κ1) is 24.5. The average molecular weight is 505 g/mol. The number of hydrogen-bond acceptors (Lipinski definition) is 6. The molecule has 1 unspecified atom stereocenters. The first-order valence-electron chi connectivity index (χ1n) is 12.1. The van der Waals surface area contributed by atoms with Crippen LogP contribution in [0.15, 0.2) is 55.0 Å². The van der Waals surface area contributed by atoms with Crippen molar-refractivity contribution < 1.29 is 19.0 Å². The second kappa shape index (κ2) is 9.02. The molecule has 9 nitrogen and oxygen atoms in total. The number of anilines is 1. The molecule has 1 saturated heterocycles. The summed E-state index contributed by atoms with van der Waals surface area (Å²) in [5.41, 5.74) is 7.55. The van der Waals surface area contributed by atoms with Crippen LogP contribution in [0.25, 0.3) is 16.8 Å². The van der Waals surface area contributed by atoms with Crippen LogP contribution in [0.4, 0.5) is 15.0 Å². The first-order chi connectivity index (χ1) is 17.6. The lowest BCUT2D eigenvalue weighted by molar-refractivity contribution is 0.0207. The number of nitrogens with two attached hydrogens (primary N) is 1. The highest BCUT2D eigenvalue weighted by atomic mass is 19.1. The summed E-state index contributed by atoms with van der Waals surface area (Å²) in [4.78, 5) is 27.3. The molecule has 1 atom stereocenters. The van der Waals surface area contributed by atoms with Crippen molar-refractivity contribution >= 4 is 17.4 Å². The largest absolute Gasteiger partial charge is 0.487 e. The number of nitrogens with zero attached hydrogens (tertiary/aromatic N) is 5. The van der Waals surface area contributed by atoms with Gasteiger partial charge in [-0.15, -0.1) is 0 Å². The van der Waals surface area contributed by atoms with E-state index in [0.717, 1.165) is 12.0 Å². The molecule has 5 rings (SSSR count). The van der Waals surface area contributed by atoms with E-state index in [0.29, 0.717) is 47.3 Å². The van der Waals surface area contributed by atoms with Gasteiger partial charge in [0.25, 0.3) is 0 Å². The van der Waals surface area contributed by atoms with Crippen LogP contribution in [0.3, 0.4) is 0 Å². The van der Waals surface area contributed by atoms with Crippen molar-refractivity contribution in [2.45, 2.75) is 45.8 Å². The molecule has 3 N–H and O–H groups in total. The Morgan fingerprint density at radius 3 is 2.62 bits per heavy atom. The van der Waals surface area contributed by atoms with Crippen molar-refractivity contribution in [2.75, 3.05) is 12.3 Å². The minimum Gasteiger partial charge on any atom is -0.487 e. The van der Waals surface area contributed by atoms with Crippen LogP contribution in [0.5, 0.6) is 5.75 Å². The summed E-state index contributed by atoms with van der Waals surface area (Å²) in [7, 11) is 0. The lowest BCUT2D eigenvalue weighted by Gasteiger charge is -2.46. The van der Waals surface area contributed by atoms with Gasteiger partial charge in [0, 0.05) is 30.7 Å². The summed E-state index contributed by atoms with van der Waals surface area (Å²) in [6, 6.07) is 9.93. The van der Waals surface area contributed by atoms with E-state index in [-0.39, 0.29) is 12.4 Å². The molecular weight excluding hydrogens is 475 g/mol. The minimum atomic E-state index is -0.970. The lowest BCUT2D eigenvalue weighted by Crippen LogP contribution is -2.53. The number of hydrogen-bond donors (Lipinski definition) is 2. The van der Waals surface area contributed by atoms with Gasteiger partial charge < -0.3 is 15.6 Å². The van der Waals surface area contributed by atoms with E-state index in [1.807, 2.05) is 37.3 Å². The third-order valence-electron chi connectivity index (χ3n) is 7.10. The van der Waals surface area contributed by atoms with Gasteiger partial charge in [-0.3, -0.25) is 14.3 Å². The van der Waals surface area contributed by atoms with Gasteiger partial charge in [-0.05, 0) is 54.7 Å². The fourth-order valence-electron chi connectivity index (χ4n) is 5.38. The molecule has 192 valence electrons. The molecule has 0 aliphatic carbocycles. The topological polar surface area (TPSA) is 119 Å². The van der Waals surface area contributed by atoms with Crippen LogP contribution in [0, 0.1) is 11.2 Å². The number of rotatable bonds is 5. The molecule has 0 spiro atoms.